The van der Waals surface area contributed by atoms with Crippen LogP contribution in [0.25, 0.3) is 16.7 Å². The van der Waals surface area contributed by atoms with Gasteiger partial charge < -0.3 is 4.90 Å². The number of fused-ring (bicyclic) bond motifs is 4. The topological polar surface area (TPSA) is 46.3 Å². The van der Waals surface area contributed by atoms with Gasteiger partial charge in [0.05, 0.1) is 10.9 Å². The van der Waals surface area contributed by atoms with E-state index >= 15 is 0 Å². The van der Waals surface area contributed by atoms with E-state index in [1.54, 1.807) is 6.07 Å². The summed E-state index contributed by atoms with van der Waals surface area (Å²) in [6.07, 6.45) is 2.03. The van der Waals surface area contributed by atoms with Gasteiger partial charge in [0.15, 0.2) is 0 Å². The molecule has 2 aromatic carbocycles. The highest BCUT2D eigenvalue weighted by Gasteiger charge is 2.25. The Morgan fingerprint density at radius 3 is 2.85 bits per heavy atom. The van der Waals surface area contributed by atoms with Gasteiger partial charge in [-0.15, -0.1) is 10.2 Å². The van der Waals surface area contributed by atoms with Gasteiger partial charge in [-0.3, -0.25) is 4.40 Å². The van der Waals surface area contributed by atoms with Crippen molar-refractivity contribution in [1.29, 1.82) is 0 Å². The van der Waals surface area contributed by atoms with Crippen LogP contribution in [0.3, 0.4) is 0 Å². The van der Waals surface area contributed by atoms with E-state index in [0.29, 0.717) is 22.8 Å². The smallest absolute Gasteiger partial charge is 0.257 e. The van der Waals surface area contributed by atoms with Crippen molar-refractivity contribution >= 4 is 50.8 Å². The second-order valence-corrected chi connectivity index (χ2v) is 7.61. The molecule has 0 saturated heterocycles. The van der Waals surface area contributed by atoms with Gasteiger partial charge in [0.1, 0.15) is 17.5 Å². The molecule has 0 saturated carbocycles. The molecule has 5 nitrogen and oxygen atoms in total. The van der Waals surface area contributed by atoms with Crippen LogP contribution in [0.4, 0.5) is 15.9 Å². The van der Waals surface area contributed by atoms with Gasteiger partial charge in [-0.1, -0.05) is 12.1 Å². The lowest BCUT2D eigenvalue weighted by Gasteiger charge is -2.31. The Bertz CT molecular complexity index is 1170. The molecule has 1 aliphatic rings. The third-order valence-electron chi connectivity index (χ3n) is 4.92. The van der Waals surface area contributed by atoms with Crippen LogP contribution in [0.5, 0.6) is 0 Å². The number of benzene rings is 2. The van der Waals surface area contributed by atoms with E-state index in [2.05, 4.69) is 49.8 Å². The van der Waals surface area contributed by atoms with Gasteiger partial charge in [-0.05, 0) is 72.2 Å². The molecule has 0 amide bonds. The number of halogens is 2. The van der Waals surface area contributed by atoms with Crippen molar-refractivity contribution in [2.45, 2.75) is 19.8 Å². The zero-order valence-corrected chi connectivity index (χ0v) is 16.2. The van der Waals surface area contributed by atoms with Gasteiger partial charge in [0.25, 0.3) is 5.78 Å². The Morgan fingerprint density at radius 2 is 1.96 bits per heavy atom. The first kappa shape index (κ1) is 15.9. The summed E-state index contributed by atoms with van der Waals surface area (Å²) in [5.41, 5.74) is 3.13. The fourth-order valence-corrected chi connectivity index (χ4v) is 4.53. The molecule has 0 bridgehead atoms. The van der Waals surface area contributed by atoms with Gasteiger partial charge in [-0.2, -0.15) is 4.98 Å². The first-order valence-electron chi connectivity index (χ1n) is 8.50. The first-order valence-corrected chi connectivity index (χ1v) is 9.58. The molecule has 0 radical (unpaired) electrons. The van der Waals surface area contributed by atoms with E-state index in [1.807, 2.05) is 23.5 Å². The van der Waals surface area contributed by atoms with Crippen LogP contribution < -0.4 is 4.90 Å². The maximum absolute atomic E-state index is 14.9. The van der Waals surface area contributed by atoms with E-state index in [1.165, 1.54) is 15.2 Å². The third-order valence-corrected chi connectivity index (χ3v) is 5.93. The lowest BCUT2D eigenvalue weighted by molar-refractivity contribution is 0.638. The van der Waals surface area contributed by atoms with Crippen LogP contribution in [-0.2, 0) is 6.42 Å². The second kappa shape index (κ2) is 5.87. The first-order chi connectivity index (χ1) is 12.6. The summed E-state index contributed by atoms with van der Waals surface area (Å²) in [6.45, 7) is 2.65. The standard InChI is InChI=1S/C19H15FIN5/c1-11-23-24-19-22-18(17-13(20)6-2-9-16(17)26(11)19)25-10-4-5-12-14(21)7-3-8-15(12)25/h2-3,6-9H,4-5,10H2,1H3. The monoisotopic (exact) mass is 459 g/mol. The highest BCUT2D eigenvalue weighted by atomic mass is 127. The summed E-state index contributed by atoms with van der Waals surface area (Å²) in [4.78, 5) is 6.83. The average Bonchev–Trinajstić information content (AvgIpc) is 3.02. The predicted octanol–water partition coefficient (Wildman–Crippen LogP) is 4.41. The zero-order valence-electron chi connectivity index (χ0n) is 14.1. The maximum atomic E-state index is 14.9. The Hall–Kier alpha value is -2.29. The highest BCUT2D eigenvalue weighted by Crippen LogP contribution is 2.38. The Morgan fingerprint density at radius 1 is 1.12 bits per heavy atom. The second-order valence-electron chi connectivity index (χ2n) is 6.44. The largest absolute Gasteiger partial charge is 0.325 e. The lowest BCUT2D eigenvalue weighted by atomic mass is 10.0. The van der Waals surface area contributed by atoms with E-state index < -0.39 is 0 Å². The minimum atomic E-state index is -0.280. The van der Waals surface area contributed by atoms with Gasteiger partial charge >= 0.3 is 0 Å². The molecule has 4 aromatic rings. The van der Waals surface area contributed by atoms with Crippen LogP contribution in [0, 0.1) is 16.3 Å². The molecule has 0 fully saturated rings. The van der Waals surface area contributed by atoms with Crippen LogP contribution in [0.2, 0.25) is 0 Å². The number of anilines is 2. The minimum Gasteiger partial charge on any atom is -0.325 e. The Kier molecular flexibility index (Phi) is 3.59. The molecule has 0 atom stereocenters. The van der Waals surface area contributed by atoms with E-state index in [4.69, 9.17) is 4.98 Å². The highest BCUT2D eigenvalue weighted by molar-refractivity contribution is 14.1. The predicted molar refractivity (Wildman–Crippen MR) is 107 cm³/mol. The van der Waals surface area contributed by atoms with Crippen molar-refractivity contribution in [3.05, 3.63) is 57.2 Å². The number of hydrogen-bond donors (Lipinski definition) is 0. The zero-order chi connectivity index (χ0) is 17.8. The van der Waals surface area contributed by atoms with Crippen LogP contribution >= 0.6 is 22.6 Å². The van der Waals surface area contributed by atoms with Crippen LogP contribution in [0.1, 0.15) is 17.8 Å². The molecule has 1 aliphatic heterocycles. The van der Waals surface area contributed by atoms with Crippen molar-refractivity contribution in [2.24, 2.45) is 0 Å². The molecule has 0 aliphatic carbocycles. The number of aryl methyl sites for hydroxylation is 1. The molecule has 0 unspecified atom stereocenters. The molecule has 2 aromatic heterocycles. The third kappa shape index (κ3) is 2.22. The van der Waals surface area contributed by atoms with Crippen LogP contribution in [0.15, 0.2) is 36.4 Å². The molecule has 0 spiro atoms. The van der Waals surface area contributed by atoms with E-state index in [0.717, 1.165) is 30.6 Å². The molecule has 26 heavy (non-hydrogen) atoms. The summed E-state index contributed by atoms with van der Waals surface area (Å²) < 4.78 is 17.9. The van der Waals surface area contributed by atoms with Crippen molar-refractivity contribution in [2.75, 3.05) is 11.4 Å². The van der Waals surface area contributed by atoms with Crippen molar-refractivity contribution in [3.8, 4) is 0 Å². The van der Waals surface area contributed by atoms with Gasteiger partial charge in [0.2, 0.25) is 0 Å². The lowest BCUT2D eigenvalue weighted by Crippen LogP contribution is -2.26. The molecular weight excluding hydrogens is 444 g/mol. The number of rotatable bonds is 1. The summed E-state index contributed by atoms with van der Waals surface area (Å²) in [6, 6.07) is 11.3. The summed E-state index contributed by atoms with van der Waals surface area (Å²) >= 11 is 2.37. The Labute approximate surface area is 163 Å². The number of hydrogen-bond acceptors (Lipinski definition) is 4. The average molecular weight is 459 g/mol. The fourth-order valence-electron chi connectivity index (χ4n) is 3.77. The van der Waals surface area contributed by atoms with Crippen molar-refractivity contribution in [3.63, 3.8) is 0 Å². The Balaban J connectivity index is 1.87. The fraction of sp³-hybridized carbons (Fsp3) is 0.211. The van der Waals surface area contributed by atoms with Gasteiger partial charge in [-0.25, -0.2) is 4.39 Å². The molecule has 130 valence electrons. The van der Waals surface area contributed by atoms with Crippen molar-refractivity contribution < 1.29 is 4.39 Å². The van der Waals surface area contributed by atoms with E-state index in [9.17, 15) is 4.39 Å². The minimum absolute atomic E-state index is 0.280. The molecule has 3 heterocycles. The quantitative estimate of drug-likeness (QED) is 0.396. The van der Waals surface area contributed by atoms with Crippen LogP contribution in [-0.4, -0.2) is 26.1 Å². The van der Waals surface area contributed by atoms with Crippen molar-refractivity contribution in [1.82, 2.24) is 19.6 Å². The van der Waals surface area contributed by atoms with E-state index in [-0.39, 0.29) is 5.82 Å². The van der Waals surface area contributed by atoms with Gasteiger partial charge in [0, 0.05) is 15.8 Å². The molecule has 5 rings (SSSR count). The number of aromatic nitrogens is 4. The normalized spacial score (nSPS) is 14.2. The SMILES string of the molecule is Cc1nnc2nc(N3CCCc4c(I)cccc43)c3c(F)cccc3n12. The molecular formula is C19H15FIN5. The molecule has 7 heteroatoms. The maximum Gasteiger partial charge on any atom is 0.257 e. The summed E-state index contributed by atoms with van der Waals surface area (Å²) in [5, 5.41) is 8.82. The summed E-state index contributed by atoms with van der Waals surface area (Å²) in [7, 11) is 0. The number of nitrogens with zero attached hydrogens (tertiary/aromatic N) is 5. The summed E-state index contributed by atoms with van der Waals surface area (Å²) in [5.74, 6) is 1.52. The molecule has 0 N–H and O–H groups in total.